The van der Waals surface area contributed by atoms with Crippen LogP contribution in [-0.4, -0.2) is 38.5 Å². The normalized spacial score (nSPS) is 20.1. The molecule has 118 valence electrons. The van der Waals surface area contributed by atoms with Crippen LogP contribution in [0.1, 0.15) is 12.0 Å². The molecular weight excluding hydrogens is 318 g/mol. The Bertz CT molecular complexity index is 683. The fourth-order valence-electron chi connectivity index (χ4n) is 2.60. The SMILES string of the molecule is O=S(=O)(c1cccs1)N1CCOC(CCc2ccccc2)C1. The molecule has 0 aliphatic carbocycles. The van der Waals surface area contributed by atoms with Gasteiger partial charge in [0.2, 0.25) is 0 Å². The van der Waals surface area contributed by atoms with Gasteiger partial charge in [-0.05, 0) is 29.9 Å². The molecule has 0 N–H and O–H groups in total. The molecule has 4 nitrogen and oxygen atoms in total. The predicted molar refractivity (Wildman–Crippen MR) is 87.6 cm³/mol. The van der Waals surface area contributed by atoms with Crippen LogP contribution in [0.2, 0.25) is 0 Å². The maximum absolute atomic E-state index is 12.5. The number of sulfonamides is 1. The number of rotatable bonds is 5. The summed E-state index contributed by atoms with van der Waals surface area (Å²) in [6.07, 6.45) is 1.70. The number of ether oxygens (including phenoxy) is 1. The Balaban J connectivity index is 1.62. The van der Waals surface area contributed by atoms with Gasteiger partial charge in [-0.25, -0.2) is 8.42 Å². The Morgan fingerprint density at radius 1 is 1.18 bits per heavy atom. The highest BCUT2D eigenvalue weighted by Gasteiger charge is 2.31. The lowest BCUT2D eigenvalue weighted by Crippen LogP contribution is -2.45. The highest BCUT2D eigenvalue weighted by Crippen LogP contribution is 2.23. The van der Waals surface area contributed by atoms with Gasteiger partial charge in [0.15, 0.2) is 0 Å². The van der Waals surface area contributed by atoms with Gasteiger partial charge in [-0.2, -0.15) is 4.31 Å². The van der Waals surface area contributed by atoms with Crippen molar-refractivity contribution in [1.29, 1.82) is 0 Å². The summed E-state index contributed by atoms with van der Waals surface area (Å²) >= 11 is 1.26. The molecule has 0 radical (unpaired) electrons. The second-order valence-corrected chi connectivity index (χ2v) is 8.42. The highest BCUT2D eigenvalue weighted by molar-refractivity contribution is 7.91. The smallest absolute Gasteiger partial charge is 0.252 e. The summed E-state index contributed by atoms with van der Waals surface area (Å²) in [5, 5.41) is 1.79. The van der Waals surface area contributed by atoms with Crippen molar-refractivity contribution in [2.24, 2.45) is 0 Å². The molecular formula is C16H19NO3S2. The zero-order valence-electron chi connectivity index (χ0n) is 12.2. The highest BCUT2D eigenvalue weighted by atomic mass is 32.2. The van der Waals surface area contributed by atoms with Crippen LogP contribution in [-0.2, 0) is 21.2 Å². The summed E-state index contributed by atoms with van der Waals surface area (Å²) in [5.74, 6) is 0. The first-order valence-electron chi connectivity index (χ1n) is 7.35. The van der Waals surface area contributed by atoms with E-state index >= 15 is 0 Å². The molecule has 0 spiro atoms. The Kier molecular flexibility index (Phi) is 4.93. The third-order valence-electron chi connectivity index (χ3n) is 3.79. The third-order valence-corrected chi connectivity index (χ3v) is 7.03. The molecule has 0 amide bonds. The van der Waals surface area contributed by atoms with Crippen molar-refractivity contribution in [2.45, 2.75) is 23.2 Å². The third kappa shape index (κ3) is 3.57. The quantitative estimate of drug-likeness (QED) is 0.843. The molecule has 1 fully saturated rings. The molecule has 0 saturated carbocycles. The number of morpholine rings is 1. The molecule has 1 unspecified atom stereocenters. The Hall–Kier alpha value is -1.21. The molecule has 1 aliphatic heterocycles. The summed E-state index contributed by atoms with van der Waals surface area (Å²) < 4.78 is 32.8. The van der Waals surface area contributed by atoms with E-state index in [-0.39, 0.29) is 6.10 Å². The first-order chi connectivity index (χ1) is 10.7. The van der Waals surface area contributed by atoms with Gasteiger partial charge in [-0.3, -0.25) is 0 Å². The van der Waals surface area contributed by atoms with E-state index in [1.165, 1.54) is 16.9 Å². The fourth-order valence-corrected chi connectivity index (χ4v) is 5.20. The second-order valence-electron chi connectivity index (χ2n) is 5.31. The number of nitrogens with zero attached hydrogens (tertiary/aromatic N) is 1. The number of hydrogen-bond donors (Lipinski definition) is 0. The predicted octanol–water partition coefficient (Wildman–Crippen LogP) is 2.77. The van der Waals surface area contributed by atoms with Gasteiger partial charge in [0.25, 0.3) is 10.0 Å². The van der Waals surface area contributed by atoms with Gasteiger partial charge in [0.1, 0.15) is 4.21 Å². The number of aryl methyl sites for hydroxylation is 1. The van der Waals surface area contributed by atoms with Gasteiger partial charge in [-0.1, -0.05) is 36.4 Å². The summed E-state index contributed by atoms with van der Waals surface area (Å²) in [6, 6.07) is 13.6. The molecule has 3 rings (SSSR count). The van der Waals surface area contributed by atoms with Crippen LogP contribution in [0, 0.1) is 0 Å². The van der Waals surface area contributed by atoms with Crippen LogP contribution in [0.5, 0.6) is 0 Å². The van der Waals surface area contributed by atoms with Gasteiger partial charge < -0.3 is 4.74 Å². The van der Waals surface area contributed by atoms with E-state index in [1.807, 2.05) is 18.2 Å². The van der Waals surface area contributed by atoms with E-state index < -0.39 is 10.0 Å². The molecule has 1 atom stereocenters. The van der Waals surface area contributed by atoms with Crippen LogP contribution in [0.25, 0.3) is 0 Å². The Morgan fingerprint density at radius 2 is 2.00 bits per heavy atom. The molecule has 2 heterocycles. The van der Waals surface area contributed by atoms with Crippen molar-refractivity contribution >= 4 is 21.4 Å². The zero-order chi connectivity index (χ0) is 15.4. The minimum absolute atomic E-state index is 0.0382. The Morgan fingerprint density at radius 3 is 2.73 bits per heavy atom. The fraction of sp³-hybridized carbons (Fsp3) is 0.375. The van der Waals surface area contributed by atoms with E-state index in [4.69, 9.17) is 4.74 Å². The average Bonchev–Trinajstić information content (AvgIpc) is 3.09. The maximum Gasteiger partial charge on any atom is 0.252 e. The average molecular weight is 337 g/mol. The largest absolute Gasteiger partial charge is 0.375 e. The van der Waals surface area contributed by atoms with Crippen molar-refractivity contribution in [3.8, 4) is 0 Å². The van der Waals surface area contributed by atoms with E-state index in [0.29, 0.717) is 23.9 Å². The van der Waals surface area contributed by atoms with E-state index in [0.717, 1.165) is 12.8 Å². The minimum atomic E-state index is -3.36. The minimum Gasteiger partial charge on any atom is -0.375 e. The lowest BCUT2D eigenvalue weighted by Gasteiger charge is -2.31. The van der Waals surface area contributed by atoms with Gasteiger partial charge >= 0.3 is 0 Å². The van der Waals surface area contributed by atoms with E-state index in [1.54, 1.807) is 21.8 Å². The number of hydrogen-bond acceptors (Lipinski definition) is 4. The lowest BCUT2D eigenvalue weighted by molar-refractivity contribution is -0.00520. The van der Waals surface area contributed by atoms with E-state index in [2.05, 4.69) is 12.1 Å². The van der Waals surface area contributed by atoms with Crippen LogP contribution >= 0.6 is 11.3 Å². The summed E-state index contributed by atoms with van der Waals surface area (Å²) in [7, 11) is -3.36. The van der Waals surface area contributed by atoms with Crippen molar-refractivity contribution in [3.05, 3.63) is 53.4 Å². The van der Waals surface area contributed by atoms with Crippen molar-refractivity contribution in [3.63, 3.8) is 0 Å². The second kappa shape index (κ2) is 6.91. The van der Waals surface area contributed by atoms with Crippen LogP contribution in [0.3, 0.4) is 0 Å². The molecule has 1 aromatic carbocycles. The van der Waals surface area contributed by atoms with Crippen molar-refractivity contribution in [2.75, 3.05) is 19.7 Å². The topological polar surface area (TPSA) is 46.6 Å². The maximum atomic E-state index is 12.5. The molecule has 2 aromatic rings. The van der Waals surface area contributed by atoms with Gasteiger partial charge in [-0.15, -0.1) is 11.3 Å². The lowest BCUT2D eigenvalue weighted by atomic mass is 10.1. The number of benzene rings is 1. The number of thiophene rings is 1. The summed E-state index contributed by atoms with van der Waals surface area (Å²) in [6.45, 7) is 1.33. The van der Waals surface area contributed by atoms with Crippen LogP contribution in [0.4, 0.5) is 0 Å². The van der Waals surface area contributed by atoms with E-state index in [9.17, 15) is 8.42 Å². The molecule has 1 aliphatic rings. The molecule has 0 bridgehead atoms. The monoisotopic (exact) mass is 337 g/mol. The first kappa shape index (κ1) is 15.7. The van der Waals surface area contributed by atoms with Crippen molar-refractivity contribution < 1.29 is 13.2 Å². The van der Waals surface area contributed by atoms with Gasteiger partial charge in [0.05, 0.1) is 12.7 Å². The molecule has 22 heavy (non-hydrogen) atoms. The van der Waals surface area contributed by atoms with Crippen LogP contribution in [0.15, 0.2) is 52.1 Å². The van der Waals surface area contributed by atoms with Crippen molar-refractivity contribution in [1.82, 2.24) is 4.31 Å². The zero-order valence-corrected chi connectivity index (χ0v) is 13.9. The van der Waals surface area contributed by atoms with Crippen LogP contribution < -0.4 is 0 Å². The Labute approximate surface area is 135 Å². The standard InChI is InChI=1S/C16H19NO3S2/c18-22(19,16-7-4-12-21-16)17-10-11-20-15(13-17)9-8-14-5-2-1-3-6-14/h1-7,12,15H,8-11,13H2. The summed E-state index contributed by atoms with van der Waals surface area (Å²) in [4.78, 5) is 0. The summed E-state index contributed by atoms with van der Waals surface area (Å²) in [5.41, 5.74) is 1.25. The molecule has 6 heteroatoms. The molecule has 1 aromatic heterocycles. The molecule has 1 saturated heterocycles. The van der Waals surface area contributed by atoms with Gasteiger partial charge in [0, 0.05) is 13.1 Å². The first-order valence-corrected chi connectivity index (χ1v) is 9.67.